The molecule has 2 fully saturated rings. The Bertz CT molecular complexity index is 1290. The van der Waals surface area contributed by atoms with E-state index in [1.54, 1.807) is 11.4 Å². The van der Waals surface area contributed by atoms with Gasteiger partial charge in [-0.1, -0.05) is 30.3 Å². The molecule has 0 unspecified atom stereocenters. The lowest BCUT2D eigenvalue weighted by atomic mass is 10.1. The topological polar surface area (TPSA) is 103 Å². The molecule has 0 saturated carbocycles. The summed E-state index contributed by atoms with van der Waals surface area (Å²) >= 11 is 0. The van der Waals surface area contributed by atoms with Crippen LogP contribution in [0.4, 0.5) is 0 Å². The van der Waals surface area contributed by atoms with E-state index in [2.05, 4.69) is 19.5 Å². The number of hydrogen-bond donors (Lipinski definition) is 2. The van der Waals surface area contributed by atoms with E-state index in [4.69, 9.17) is 14.5 Å². The fourth-order valence-corrected chi connectivity index (χ4v) is 6.20. The number of ether oxygens (including phenoxy) is 2. The Hall–Kier alpha value is -2.80. The number of piperazine rings is 1. The molecule has 2 N–H and O–H groups in total. The molecule has 0 radical (unpaired) electrons. The Labute approximate surface area is 231 Å². The summed E-state index contributed by atoms with van der Waals surface area (Å²) in [7, 11) is -1.93. The second kappa shape index (κ2) is 13.0. The number of aromatic nitrogens is 2. The number of hydrogen-bond acceptors (Lipinski definition) is 7. The number of aromatic amines is 1. The summed E-state index contributed by atoms with van der Waals surface area (Å²) in [6.07, 6.45) is 0.462. The van der Waals surface area contributed by atoms with E-state index in [1.807, 2.05) is 54.6 Å². The molecule has 2 aliphatic rings. The van der Waals surface area contributed by atoms with Gasteiger partial charge in [-0.05, 0) is 24.3 Å². The third-order valence-corrected chi connectivity index (χ3v) is 8.97. The van der Waals surface area contributed by atoms with Crippen LogP contribution in [0.2, 0.25) is 0 Å². The summed E-state index contributed by atoms with van der Waals surface area (Å²) in [6, 6.07) is 17.7. The van der Waals surface area contributed by atoms with Gasteiger partial charge in [-0.2, -0.15) is 12.7 Å². The van der Waals surface area contributed by atoms with Crippen LogP contribution in [-0.4, -0.2) is 112 Å². The standard InChI is InChI=1S/C28H38N6O4S/c1-37-25-9-7-23(8-10-25)27-26(30-28(31-27)24-5-3-2-4-6-24)11-12-29-39(35,36)34-17-15-32(16-18-34)13-14-33-19-21-38-22-20-33/h2-10,29H,11-22H2,1H3,(H,30,31). The highest BCUT2D eigenvalue weighted by atomic mass is 32.2. The summed E-state index contributed by atoms with van der Waals surface area (Å²) in [5.41, 5.74) is 3.64. The molecule has 3 heterocycles. The number of nitrogens with zero attached hydrogens (tertiary/aromatic N) is 4. The van der Waals surface area contributed by atoms with Gasteiger partial charge in [-0.15, -0.1) is 0 Å². The van der Waals surface area contributed by atoms with Crippen LogP contribution < -0.4 is 9.46 Å². The Morgan fingerprint density at radius 1 is 0.897 bits per heavy atom. The van der Waals surface area contributed by atoms with Crippen molar-refractivity contribution in [2.75, 3.05) is 79.2 Å². The van der Waals surface area contributed by atoms with Crippen LogP contribution in [0.15, 0.2) is 54.6 Å². The van der Waals surface area contributed by atoms with Crippen molar-refractivity contribution in [3.63, 3.8) is 0 Å². The lowest BCUT2D eigenvalue weighted by Gasteiger charge is -2.35. The monoisotopic (exact) mass is 554 g/mol. The van der Waals surface area contributed by atoms with Crippen molar-refractivity contribution in [1.29, 1.82) is 0 Å². The van der Waals surface area contributed by atoms with Gasteiger partial charge >= 0.3 is 0 Å². The average molecular weight is 555 g/mol. The summed E-state index contributed by atoms with van der Waals surface area (Å²) < 4.78 is 41.2. The first-order valence-electron chi connectivity index (χ1n) is 13.6. The lowest BCUT2D eigenvalue weighted by molar-refractivity contribution is 0.0317. The highest BCUT2D eigenvalue weighted by Gasteiger charge is 2.27. The molecular weight excluding hydrogens is 516 g/mol. The second-order valence-corrected chi connectivity index (χ2v) is 11.6. The number of H-pyrrole nitrogens is 1. The lowest BCUT2D eigenvalue weighted by Crippen LogP contribution is -2.53. The number of imidazole rings is 1. The molecule has 0 aliphatic carbocycles. The van der Waals surface area contributed by atoms with Crippen LogP contribution in [0, 0.1) is 0 Å². The molecule has 2 aliphatic heterocycles. The van der Waals surface area contributed by atoms with Crippen molar-refractivity contribution in [2.45, 2.75) is 6.42 Å². The van der Waals surface area contributed by atoms with Gasteiger partial charge in [0.2, 0.25) is 0 Å². The Morgan fingerprint density at radius 2 is 1.56 bits per heavy atom. The molecule has 0 amide bonds. The zero-order valence-electron chi connectivity index (χ0n) is 22.5. The van der Waals surface area contributed by atoms with Gasteiger partial charge in [0, 0.05) is 76.5 Å². The molecule has 39 heavy (non-hydrogen) atoms. The molecule has 10 nitrogen and oxygen atoms in total. The first-order chi connectivity index (χ1) is 19.0. The quantitative estimate of drug-likeness (QED) is 0.374. The Kier molecular flexibility index (Phi) is 9.28. The maximum atomic E-state index is 13.1. The number of rotatable bonds is 11. The van der Waals surface area contributed by atoms with E-state index in [1.165, 1.54) is 0 Å². The van der Waals surface area contributed by atoms with Crippen molar-refractivity contribution >= 4 is 10.2 Å². The van der Waals surface area contributed by atoms with Gasteiger partial charge in [0.25, 0.3) is 10.2 Å². The maximum absolute atomic E-state index is 13.1. The fourth-order valence-electron chi connectivity index (χ4n) is 5.01. The van der Waals surface area contributed by atoms with Crippen LogP contribution in [0.1, 0.15) is 5.69 Å². The molecule has 5 rings (SSSR count). The molecule has 3 aromatic rings. The molecule has 2 saturated heterocycles. The van der Waals surface area contributed by atoms with Crippen LogP contribution >= 0.6 is 0 Å². The number of benzene rings is 2. The van der Waals surface area contributed by atoms with E-state index >= 15 is 0 Å². The Morgan fingerprint density at radius 3 is 2.23 bits per heavy atom. The van der Waals surface area contributed by atoms with Crippen LogP contribution in [0.25, 0.3) is 22.6 Å². The first-order valence-corrected chi connectivity index (χ1v) is 15.0. The summed E-state index contributed by atoms with van der Waals surface area (Å²) in [5.74, 6) is 1.53. The van der Waals surface area contributed by atoms with Crippen molar-refractivity contribution in [2.24, 2.45) is 0 Å². The number of nitrogens with one attached hydrogen (secondary N) is 2. The molecule has 11 heteroatoms. The van der Waals surface area contributed by atoms with Gasteiger partial charge in [-0.25, -0.2) is 9.71 Å². The highest BCUT2D eigenvalue weighted by molar-refractivity contribution is 7.87. The molecule has 0 bridgehead atoms. The average Bonchev–Trinajstić information content (AvgIpc) is 3.41. The van der Waals surface area contributed by atoms with Gasteiger partial charge in [-0.3, -0.25) is 9.80 Å². The molecule has 210 valence electrons. The fraction of sp³-hybridized carbons (Fsp3) is 0.464. The molecular formula is C28H38N6O4S. The van der Waals surface area contributed by atoms with E-state index in [0.717, 1.165) is 86.6 Å². The smallest absolute Gasteiger partial charge is 0.279 e. The zero-order valence-corrected chi connectivity index (χ0v) is 23.3. The third kappa shape index (κ3) is 7.24. The van der Waals surface area contributed by atoms with Crippen molar-refractivity contribution < 1.29 is 17.9 Å². The van der Waals surface area contributed by atoms with Crippen LogP contribution in [0.5, 0.6) is 5.75 Å². The minimum atomic E-state index is -3.57. The summed E-state index contributed by atoms with van der Waals surface area (Å²) in [5, 5.41) is 0. The number of methoxy groups -OCH3 is 1. The predicted octanol–water partition coefficient (Wildman–Crippen LogP) is 2.08. The predicted molar refractivity (Wildman–Crippen MR) is 152 cm³/mol. The van der Waals surface area contributed by atoms with Crippen molar-refractivity contribution in [1.82, 2.24) is 28.8 Å². The molecule has 0 atom stereocenters. The summed E-state index contributed by atoms with van der Waals surface area (Å²) in [4.78, 5) is 13.0. The molecule has 1 aromatic heterocycles. The van der Waals surface area contributed by atoms with Gasteiger partial charge in [0.15, 0.2) is 0 Å². The van der Waals surface area contributed by atoms with Crippen LogP contribution in [0.3, 0.4) is 0 Å². The third-order valence-electron chi connectivity index (χ3n) is 7.36. The highest BCUT2D eigenvalue weighted by Crippen LogP contribution is 2.28. The molecule has 2 aromatic carbocycles. The van der Waals surface area contributed by atoms with E-state index in [9.17, 15) is 8.42 Å². The van der Waals surface area contributed by atoms with Gasteiger partial charge in [0.1, 0.15) is 11.6 Å². The first kappa shape index (κ1) is 27.8. The largest absolute Gasteiger partial charge is 0.497 e. The van der Waals surface area contributed by atoms with E-state index in [0.29, 0.717) is 19.5 Å². The van der Waals surface area contributed by atoms with E-state index in [-0.39, 0.29) is 6.54 Å². The van der Waals surface area contributed by atoms with Gasteiger partial charge < -0.3 is 14.5 Å². The molecule has 0 spiro atoms. The van der Waals surface area contributed by atoms with Crippen molar-refractivity contribution in [3.05, 3.63) is 60.3 Å². The maximum Gasteiger partial charge on any atom is 0.279 e. The normalized spacial score (nSPS) is 17.9. The second-order valence-electron chi connectivity index (χ2n) is 9.85. The zero-order chi connectivity index (χ0) is 27.1. The van der Waals surface area contributed by atoms with Crippen molar-refractivity contribution in [3.8, 4) is 28.4 Å². The SMILES string of the molecule is COc1ccc(-c2[nH]c(-c3ccccc3)nc2CCNS(=O)(=O)N2CCN(CCN3CCOCC3)CC2)cc1. The number of morpholine rings is 1. The minimum Gasteiger partial charge on any atom is -0.497 e. The van der Waals surface area contributed by atoms with Crippen LogP contribution in [-0.2, 0) is 21.4 Å². The Balaban J connectivity index is 1.18. The van der Waals surface area contributed by atoms with E-state index < -0.39 is 10.2 Å². The summed E-state index contributed by atoms with van der Waals surface area (Å²) in [6.45, 7) is 8.24. The van der Waals surface area contributed by atoms with Gasteiger partial charge in [0.05, 0.1) is 31.7 Å². The minimum absolute atomic E-state index is 0.266.